The van der Waals surface area contributed by atoms with E-state index in [1.807, 2.05) is 12.1 Å². The molecule has 0 saturated heterocycles. The predicted octanol–water partition coefficient (Wildman–Crippen LogP) is 5.65. The molecular weight excluding hydrogens is 522 g/mol. The van der Waals surface area contributed by atoms with Crippen LogP contribution in [0.3, 0.4) is 0 Å². The number of amides is 1. The van der Waals surface area contributed by atoms with Crippen LogP contribution < -0.4 is 16.0 Å². The fourth-order valence-corrected chi connectivity index (χ4v) is 3.63. The average Bonchev–Trinajstić information content (AvgIpc) is 2.79. The maximum Gasteiger partial charge on any atom is 0.348 e. The third-order valence-electron chi connectivity index (χ3n) is 4.71. The zero-order valence-corrected chi connectivity index (χ0v) is 19.6. The third-order valence-corrected chi connectivity index (χ3v) is 5.20. The molecule has 0 unspecified atom stereocenters. The predicted molar refractivity (Wildman–Crippen MR) is 134 cm³/mol. The number of nitro groups is 2. The van der Waals surface area contributed by atoms with Crippen molar-refractivity contribution in [2.75, 3.05) is 16.0 Å². The van der Waals surface area contributed by atoms with E-state index in [2.05, 4.69) is 41.8 Å². The molecule has 3 N–H and O–H groups in total. The van der Waals surface area contributed by atoms with Crippen molar-refractivity contribution < 1.29 is 14.6 Å². The van der Waals surface area contributed by atoms with E-state index in [1.54, 1.807) is 36.4 Å². The molecule has 1 aromatic heterocycles. The molecule has 0 atom stereocenters. The van der Waals surface area contributed by atoms with Crippen LogP contribution in [0.1, 0.15) is 6.92 Å². The fraction of sp³-hybridized carbons (Fsp3) is 0.0455. The number of anilines is 5. The lowest BCUT2D eigenvalue weighted by Gasteiger charge is -2.14. The lowest BCUT2D eigenvalue weighted by atomic mass is 10.2. The van der Waals surface area contributed by atoms with Gasteiger partial charge in [0.25, 0.3) is 0 Å². The Morgan fingerprint density at radius 2 is 1.31 bits per heavy atom. The first-order valence-corrected chi connectivity index (χ1v) is 10.8. The van der Waals surface area contributed by atoms with Crippen molar-refractivity contribution >= 4 is 72.9 Å². The van der Waals surface area contributed by atoms with Crippen LogP contribution in [0.4, 0.5) is 40.1 Å². The van der Waals surface area contributed by atoms with Gasteiger partial charge in [0.05, 0.1) is 33.0 Å². The Morgan fingerprint density at radius 1 is 0.800 bits per heavy atom. The van der Waals surface area contributed by atoms with Gasteiger partial charge in [-0.25, -0.2) is 9.97 Å². The Morgan fingerprint density at radius 3 is 1.80 bits per heavy atom. The number of benzene rings is 3. The summed E-state index contributed by atoms with van der Waals surface area (Å²) in [4.78, 5) is 41.3. The topological polar surface area (TPSA) is 165 Å². The summed E-state index contributed by atoms with van der Waals surface area (Å²) >= 11 is 3.40. The van der Waals surface area contributed by atoms with E-state index >= 15 is 0 Å². The van der Waals surface area contributed by atoms with E-state index in [0.717, 1.165) is 16.6 Å². The number of rotatable bonds is 7. The number of carbonyl (C=O) groups excluding carboxylic acids is 1. The van der Waals surface area contributed by atoms with E-state index in [0.29, 0.717) is 17.1 Å². The quantitative estimate of drug-likeness (QED) is 0.199. The second kappa shape index (κ2) is 9.69. The Kier molecular flexibility index (Phi) is 6.51. The largest absolute Gasteiger partial charge is 0.348 e. The number of nitrogens with zero attached hydrogens (tertiary/aromatic N) is 4. The van der Waals surface area contributed by atoms with Gasteiger partial charge in [-0.15, -0.1) is 0 Å². The lowest BCUT2D eigenvalue weighted by molar-refractivity contribution is -0.422. The van der Waals surface area contributed by atoms with E-state index in [-0.39, 0.29) is 28.6 Å². The Bertz CT molecular complexity index is 1480. The highest BCUT2D eigenvalue weighted by atomic mass is 79.9. The first-order valence-electron chi connectivity index (χ1n) is 10.0. The van der Waals surface area contributed by atoms with Crippen molar-refractivity contribution in [1.82, 2.24) is 9.97 Å². The van der Waals surface area contributed by atoms with Crippen LogP contribution in [-0.2, 0) is 4.79 Å². The van der Waals surface area contributed by atoms with Crippen molar-refractivity contribution in [1.29, 1.82) is 0 Å². The monoisotopic (exact) mass is 537 g/mol. The maximum atomic E-state index is 11.4. The second-order valence-electron chi connectivity index (χ2n) is 7.28. The normalized spacial score (nSPS) is 10.6. The number of carbonyl (C=O) groups is 1. The molecule has 4 rings (SSSR count). The number of halogens is 1. The van der Waals surface area contributed by atoms with Crippen LogP contribution in [0.15, 0.2) is 65.1 Å². The summed E-state index contributed by atoms with van der Waals surface area (Å²) in [5.74, 6) is 0.264. The van der Waals surface area contributed by atoms with E-state index in [4.69, 9.17) is 0 Å². The summed E-state index contributed by atoms with van der Waals surface area (Å²) < 4.78 is 0.811. The first kappa shape index (κ1) is 23.5. The number of nitrogens with one attached hydrogen (secondary N) is 3. The molecule has 0 aliphatic rings. The maximum absolute atomic E-state index is 11.4. The van der Waals surface area contributed by atoms with Crippen molar-refractivity contribution in [2.24, 2.45) is 0 Å². The third kappa shape index (κ3) is 5.47. The van der Waals surface area contributed by atoms with Crippen LogP contribution in [0.5, 0.6) is 0 Å². The van der Waals surface area contributed by atoms with Crippen LogP contribution >= 0.6 is 15.9 Å². The smallest absolute Gasteiger partial charge is 0.337 e. The van der Waals surface area contributed by atoms with Crippen molar-refractivity contribution in [2.45, 2.75) is 6.92 Å². The molecule has 4 aromatic rings. The molecular formula is C22H16BrN7O5. The highest BCUT2D eigenvalue weighted by molar-refractivity contribution is 9.10. The summed E-state index contributed by atoms with van der Waals surface area (Å²) in [6, 6.07) is 16.1. The Balaban J connectivity index is 1.81. The Labute approximate surface area is 205 Å². The molecule has 1 amide bonds. The molecule has 176 valence electrons. The SMILES string of the molecule is CC(=O)Nc1ccc(Nc2nc3cc([N+](=O)[O-])c([N+](=O)[O-])cc3nc2Nc2cccc(Br)c2)cc1. The van der Waals surface area contributed by atoms with Gasteiger partial charge in [0.15, 0.2) is 11.6 Å². The summed E-state index contributed by atoms with van der Waals surface area (Å²) in [5.41, 5.74) is 0.693. The lowest BCUT2D eigenvalue weighted by Crippen LogP contribution is -2.06. The van der Waals surface area contributed by atoms with Gasteiger partial charge in [-0.2, -0.15) is 0 Å². The van der Waals surface area contributed by atoms with Gasteiger partial charge in [0.2, 0.25) is 5.91 Å². The molecule has 1 heterocycles. The zero-order valence-electron chi connectivity index (χ0n) is 18.0. The molecule has 0 aliphatic heterocycles. The van der Waals surface area contributed by atoms with E-state index in [9.17, 15) is 25.0 Å². The molecule has 0 saturated carbocycles. The van der Waals surface area contributed by atoms with Crippen LogP contribution in [-0.4, -0.2) is 25.7 Å². The number of aromatic nitrogens is 2. The van der Waals surface area contributed by atoms with Gasteiger partial charge in [-0.1, -0.05) is 22.0 Å². The number of hydrogen-bond donors (Lipinski definition) is 3. The van der Waals surface area contributed by atoms with Gasteiger partial charge in [-0.3, -0.25) is 25.0 Å². The molecule has 13 heteroatoms. The van der Waals surface area contributed by atoms with Gasteiger partial charge < -0.3 is 16.0 Å². The van der Waals surface area contributed by atoms with Gasteiger partial charge in [-0.05, 0) is 42.5 Å². The molecule has 0 fully saturated rings. The van der Waals surface area contributed by atoms with Crippen LogP contribution in [0.2, 0.25) is 0 Å². The minimum absolute atomic E-state index is 0.0967. The number of nitro benzene ring substituents is 2. The fourth-order valence-electron chi connectivity index (χ4n) is 3.23. The van der Waals surface area contributed by atoms with Crippen LogP contribution in [0.25, 0.3) is 11.0 Å². The van der Waals surface area contributed by atoms with E-state index < -0.39 is 21.2 Å². The van der Waals surface area contributed by atoms with Gasteiger partial charge in [0, 0.05) is 28.5 Å². The number of fused-ring (bicyclic) bond motifs is 1. The molecule has 12 nitrogen and oxygen atoms in total. The molecule has 0 bridgehead atoms. The molecule has 0 radical (unpaired) electrons. The molecule has 0 aliphatic carbocycles. The second-order valence-corrected chi connectivity index (χ2v) is 8.20. The summed E-state index contributed by atoms with van der Waals surface area (Å²) in [5, 5.41) is 31.7. The minimum Gasteiger partial charge on any atom is -0.337 e. The summed E-state index contributed by atoms with van der Waals surface area (Å²) in [7, 11) is 0. The molecule has 0 spiro atoms. The van der Waals surface area contributed by atoms with Crippen molar-refractivity contribution in [3.63, 3.8) is 0 Å². The summed E-state index contributed by atoms with van der Waals surface area (Å²) in [6.45, 7) is 1.40. The molecule has 35 heavy (non-hydrogen) atoms. The van der Waals surface area contributed by atoms with Gasteiger partial charge in [0.1, 0.15) is 0 Å². The highest BCUT2D eigenvalue weighted by Crippen LogP contribution is 2.34. The number of hydrogen-bond acceptors (Lipinski definition) is 9. The first-order chi connectivity index (χ1) is 16.7. The van der Waals surface area contributed by atoms with Crippen molar-refractivity contribution in [3.05, 3.63) is 85.4 Å². The van der Waals surface area contributed by atoms with Crippen LogP contribution in [0, 0.1) is 20.2 Å². The average molecular weight is 538 g/mol. The Hall–Kier alpha value is -4.65. The molecule has 3 aromatic carbocycles. The highest BCUT2D eigenvalue weighted by Gasteiger charge is 2.26. The standard InChI is InChI=1S/C22H16BrN7O5/c1-12(31)24-14-5-7-15(8-6-14)25-21-22(26-16-4-2-3-13(23)9-16)28-18-11-20(30(34)35)19(29(32)33)10-17(18)27-21/h2-11H,1H3,(H,24,31)(H,25,27)(H,26,28). The van der Waals surface area contributed by atoms with Gasteiger partial charge >= 0.3 is 11.4 Å². The van der Waals surface area contributed by atoms with E-state index in [1.165, 1.54) is 6.92 Å². The van der Waals surface area contributed by atoms with Crippen molar-refractivity contribution in [3.8, 4) is 0 Å². The zero-order chi connectivity index (χ0) is 25.1. The summed E-state index contributed by atoms with van der Waals surface area (Å²) in [6.07, 6.45) is 0. The minimum atomic E-state index is -0.833.